The zero-order chi connectivity index (χ0) is 13.7. The highest BCUT2D eigenvalue weighted by atomic mass is 15.2. The van der Waals surface area contributed by atoms with Crippen molar-refractivity contribution < 1.29 is 0 Å². The third kappa shape index (κ3) is 4.35. The predicted octanol–water partition coefficient (Wildman–Crippen LogP) is 1.59. The van der Waals surface area contributed by atoms with Crippen LogP contribution in [0.25, 0.3) is 0 Å². The van der Waals surface area contributed by atoms with Gasteiger partial charge in [0.05, 0.1) is 0 Å². The lowest BCUT2D eigenvalue weighted by Crippen LogP contribution is -2.24. The maximum absolute atomic E-state index is 4.33. The largest absolute Gasteiger partial charge is 0.370 e. The molecule has 2 N–H and O–H groups in total. The quantitative estimate of drug-likeness (QED) is 0.816. The van der Waals surface area contributed by atoms with Crippen LogP contribution in [0.2, 0.25) is 0 Å². The molecule has 0 aromatic carbocycles. The van der Waals surface area contributed by atoms with Crippen LogP contribution in [0.3, 0.4) is 0 Å². The van der Waals surface area contributed by atoms with Crippen LogP contribution in [0.4, 0.5) is 11.6 Å². The van der Waals surface area contributed by atoms with E-state index in [4.69, 9.17) is 0 Å². The van der Waals surface area contributed by atoms with Crippen molar-refractivity contribution in [1.82, 2.24) is 15.3 Å². The summed E-state index contributed by atoms with van der Waals surface area (Å²) in [7, 11) is 2.08. The van der Waals surface area contributed by atoms with E-state index in [2.05, 4.69) is 46.4 Å². The smallest absolute Gasteiger partial charge is 0.133 e. The van der Waals surface area contributed by atoms with Crippen LogP contribution < -0.4 is 15.5 Å². The number of anilines is 2. The Morgan fingerprint density at radius 2 is 2.32 bits per heavy atom. The molecule has 1 aromatic rings. The molecular formula is C14H25N5. The number of hydrogen-bond donors (Lipinski definition) is 2. The Morgan fingerprint density at radius 1 is 1.47 bits per heavy atom. The summed E-state index contributed by atoms with van der Waals surface area (Å²) in [6.07, 6.45) is 2.89. The number of rotatable bonds is 6. The highest BCUT2D eigenvalue weighted by molar-refractivity contribution is 5.47. The maximum atomic E-state index is 4.33. The first kappa shape index (κ1) is 14.1. The van der Waals surface area contributed by atoms with Gasteiger partial charge in [0.2, 0.25) is 0 Å². The molecule has 5 heteroatoms. The minimum Gasteiger partial charge on any atom is -0.370 e. The van der Waals surface area contributed by atoms with Gasteiger partial charge in [-0.2, -0.15) is 0 Å². The topological polar surface area (TPSA) is 53.1 Å². The highest BCUT2D eigenvalue weighted by Crippen LogP contribution is 2.15. The van der Waals surface area contributed by atoms with Crippen LogP contribution in [0.5, 0.6) is 0 Å². The van der Waals surface area contributed by atoms with Crippen molar-refractivity contribution in [3.05, 3.63) is 12.4 Å². The second kappa shape index (κ2) is 6.70. The average Bonchev–Trinajstić information content (AvgIpc) is 2.89. The minimum atomic E-state index is 0.626. The van der Waals surface area contributed by atoms with E-state index < -0.39 is 0 Å². The molecule has 1 aromatic heterocycles. The van der Waals surface area contributed by atoms with Crippen LogP contribution >= 0.6 is 0 Å². The molecule has 1 aliphatic rings. The van der Waals surface area contributed by atoms with Gasteiger partial charge in [-0.15, -0.1) is 0 Å². The molecule has 1 saturated heterocycles. The zero-order valence-corrected chi connectivity index (χ0v) is 12.2. The summed E-state index contributed by atoms with van der Waals surface area (Å²) < 4.78 is 0. The van der Waals surface area contributed by atoms with Gasteiger partial charge in [0, 0.05) is 26.2 Å². The van der Waals surface area contributed by atoms with Crippen molar-refractivity contribution in [3.8, 4) is 0 Å². The summed E-state index contributed by atoms with van der Waals surface area (Å²) >= 11 is 0. The van der Waals surface area contributed by atoms with Gasteiger partial charge in [-0.3, -0.25) is 0 Å². The summed E-state index contributed by atoms with van der Waals surface area (Å²) in [6.45, 7) is 8.66. The van der Waals surface area contributed by atoms with E-state index in [1.54, 1.807) is 6.33 Å². The SMILES string of the molecule is CC(C)CN(C)c1cc(NCC2CCNC2)ncn1. The van der Waals surface area contributed by atoms with Gasteiger partial charge in [-0.1, -0.05) is 13.8 Å². The fourth-order valence-electron chi connectivity index (χ4n) is 2.43. The van der Waals surface area contributed by atoms with Crippen molar-refractivity contribution in [2.75, 3.05) is 43.4 Å². The fraction of sp³-hybridized carbons (Fsp3) is 0.714. The summed E-state index contributed by atoms with van der Waals surface area (Å²) in [5, 5.41) is 6.80. The molecule has 106 valence electrons. The molecular weight excluding hydrogens is 238 g/mol. The molecule has 2 rings (SSSR count). The Kier molecular flexibility index (Phi) is 4.96. The summed E-state index contributed by atoms with van der Waals surface area (Å²) in [4.78, 5) is 10.8. The third-order valence-electron chi connectivity index (χ3n) is 3.42. The normalized spacial score (nSPS) is 18.8. The Balaban J connectivity index is 1.90. The second-order valence-corrected chi connectivity index (χ2v) is 5.78. The molecule has 1 atom stereocenters. The molecule has 0 saturated carbocycles. The van der Waals surface area contributed by atoms with Crippen LogP contribution in [0, 0.1) is 11.8 Å². The lowest BCUT2D eigenvalue weighted by Gasteiger charge is -2.20. The van der Waals surface area contributed by atoms with Crippen molar-refractivity contribution in [1.29, 1.82) is 0 Å². The Labute approximate surface area is 115 Å². The van der Waals surface area contributed by atoms with Crippen molar-refractivity contribution in [3.63, 3.8) is 0 Å². The lowest BCUT2D eigenvalue weighted by molar-refractivity contribution is 0.614. The maximum Gasteiger partial charge on any atom is 0.133 e. The second-order valence-electron chi connectivity index (χ2n) is 5.78. The average molecular weight is 263 g/mol. The zero-order valence-electron chi connectivity index (χ0n) is 12.2. The summed E-state index contributed by atoms with van der Waals surface area (Å²) in [5.74, 6) is 3.25. The van der Waals surface area contributed by atoms with Crippen molar-refractivity contribution in [2.45, 2.75) is 20.3 Å². The summed E-state index contributed by atoms with van der Waals surface area (Å²) in [6, 6.07) is 2.03. The van der Waals surface area contributed by atoms with Gasteiger partial charge in [-0.25, -0.2) is 9.97 Å². The summed E-state index contributed by atoms with van der Waals surface area (Å²) in [5.41, 5.74) is 0. The van der Waals surface area contributed by atoms with Crippen LogP contribution in [-0.4, -0.2) is 43.2 Å². The number of nitrogens with one attached hydrogen (secondary N) is 2. The Bertz CT molecular complexity index is 387. The first-order valence-electron chi connectivity index (χ1n) is 7.13. The van der Waals surface area contributed by atoms with Gasteiger partial charge in [0.1, 0.15) is 18.0 Å². The molecule has 0 spiro atoms. The standard InChI is InChI=1S/C14H25N5/c1-11(2)9-19(3)14-6-13(17-10-18-14)16-8-12-4-5-15-7-12/h6,10-12,15H,4-5,7-9H2,1-3H3,(H,16,17,18). The molecule has 0 amide bonds. The first-order valence-corrected chi connectivity index (χ1v) is 7.13. The van der Waals surface area contributed by atoms with E-state index >= 15 is 0 Å². The van der Waals surface area contributed by atoms with Gasteiger partial charge in [0.25, 0.3) is 0 Å². The van der Waals surface area contributed by atoms with Gasteiger partial charge < -0.3 is 15.5 Å². The van der Waals surface area contributed by atoms with Gasteiger partial charge in [0.15, 0.2) is 0 Å². The molecule has 2 heterocycles. The highest BCUT2D eigenvalue weighted by Gasteiger charge is 2.14. The molecule has 1 unspecified atom stereocenters. The van der Waals surface area contributed by atoms with E-state index in [1.807, 2.05) is 6.07 Å². The van der Waals surface area contributed by atoms with Gasteiger partial charge >= 0.3 is 0 Å². The van der Waals surface area contributed by atoms with E-state index in [0.717, 1.165) is 37.8 Å². The molecule has 1 aliphatic heterocycles. The fourth-order valence-corrected chi connectivity index (χ4v) is 2.43. The van der Waals surface area contributed by atoms with E-state index in [-0.39, 0.29) is 0 Å². The number of hydrogen-bond acceptors (Lipinski definition) is 5. The third-order valence-corrected chi connectivity index (χ3v) is 3.42. The van der Waals surface area contributed by atoms with Crippen LogP contribution in [-0.2, 0) is 0 Å². The molecule has 0 bridgehead atoms. The Hall–Kier alpha value is -1.36. The first-order chi connectivity index (χ1) is 9.15. The minimum absolute atomic E-state index is 0.626. The van der Waals surface area contributed by atoms with E-state index in [0.29, 0.717) is 11.8 Å². The molecule has 0 radical (unpaired) electrons. The van der Waals surface area contributed by atoms with Gasteiger partial charge in [-0.05, 0) is 31.3 Å². The molecule has 0 aliphatic carbocycles. The van der Waals surface area contributed by atoms with Crippen molar-refractivity contribution in [2.24, 2.45) is 11.8 Å². The molecule has 19 heavy (non-hydrogen) atoms. The number of aromatic nitrogens is 2. The molecule has 5 nitrogen and oxygen atoms in total. The van der Waals surface area contributed by atoms with Crippen LogP contribution in [0.1, 0.15) is 20.3 Å². The Morgan fingerprint density at radius 3 is 3.00 bits per heavy atom. The van der Waals surface area contributed by atoms with Crippen molar-refractivity contribution >= 4 is 11.6 Å². The van der Waals surface area contributed by atoms with E-state index in [1.165, 1.54) is 6.42 Å². The molecule has 1 fully saturated rings. The monoisotopic (exact) mass is 263 g/mol. The number of nitrogens with zero attached hydrogens (tertiary/aromatic N) is 3. The van der Waals surface area contributed by atoms with E-state index in [9.17, 15) is 0 Å². The predicted molar refractivity (Wildman–Crippen MR) is 79.6 cm³/mol. The lowest BCUT2D eigenvalue weighted by atomic mass is 10.1. The van der Waals surface area contributed by atoms with Crippen LogP contribution in [0.15, 0.2) is 12.4 Å².